The van der Waals surface area contributed by atoms with E-state index in [0.29, 0.717) is 12.5 Å². The lowest BCUT2D eigenvalue weighted by molar-refractivity contribution is 0.324. The smallest absolute Gasteiger partial charge is 0.161 e. The molecule has 0 saturated carbocycles. The molecular formula is C14H19NO2. The fourth-order valence-electron chi connectivity index (χ4n) is 2.27. The van der Waals surface area contributed by atoms with E-state index in [9.17, 15) is 0 Å². The van der Waals surface area contributed by atoms with Crippen molar-refractivity contribution < 1.29 is 9.47 Å². The maximum atomic E-state index is 5.58. The Bertz CT molecular complexity index is 415. The van der Waals surface area contributed by atoms with Gasteiger partial charge in [0.05, 0.1) is 7.11 Å². The van der Waals surface area contributed by atoms with Crippen molar-refractivity contribution in [2.45, 2.75) is 12.3 Å². The van der Waals surface area contributed by atoms with Crippen LogP contribution >= 0.6 is 0 Å². The van der Waals surface area contributed by atoms with E-state index in [-0.39, 0.29) is 0 Å². The summed E-state index contributed by atoms with van der Waals surface area (Å²) in [5, 5.41) is 3.21. The van der Waals surface area contributed by atoms with Crippen molar-refractivity contribution in [2.24, 2.45) is 0 Å². The van der Waals surface area contributed by atoms with Crippen molar-refractivity contribution in [3.63, 3.8) is 0 Å². The molecule has 0 spiro atoms. The second-order valence-electron chi connectivity index (χ2n) is 4.26. The summed E-state index contributed by atoms with van der Waals surface area (Å²) >= 11 is 0. The molecule has 1 N–H and O–H groups in total. The van der Waals surface area contributed by atoms with E-state index in [4.69, 9.17) is 9.47 Å². The van der Waals surface area contributed by atoms with Crippen LogP contribution in [-0.4, -0.2) is 27.3 Å². The molecule has 3 heteroatoms. The molecule has 0 unspecified atom stereocenters. The molecule has 0 amide bonds. The van der Waals surface area contributed by atoms with Gasteiger partial charge in [0, 0.05) is 12.5 Å². The first-order valence-electron chi connectivity index (χ1n) is 5.89. The van der Waals surface area contributed by atoms with Crippen molar-refractivity contribution in [1.29, 1.82) is 0 Å². The van der Waals surface area contributed by atoms with E-state index in [0.717, 1.165) is 24.5 Å². The summed E-state index contributed by atoms with van der Waals surface area (Å²) in [4.78, 5) is 0. The van der Waals surface area contributed by atoms with E-state index in [2.05, 4.69) is 24.0 Å². The maximum Gasteiger partial charge on any atom is 0.161 e. The molecule has 1 aliphatic carbocycles. The number of likely N-dealkylation sites (N-methyl/N-ethyl adjacent to an activating group) is 1. The number of benzene rings is 1. The fraction of sp³-hybridized carbons (Fsp3) is 0.429. The third-order valence-corrected chi connectivity index (χ3v) is 3.14. The van der Waals surface area contributed by atoms with Crippen LogP contribution in [0.15, 0.2) is 24.8 Å². The Balaban J connectivity index is 2.21. The molecule has 0 aromatic heterocycles. The van der Waals surface area contributed by atoms with Gasteiger partial charge in [0.25, 0.3) is 0 Å². The largest absolute Gasteiger partial charge is 0.493 e. The predicted octanol–water partition coefficient (Wildman–Crippen LogP) is 2.12. The molecule has 0 heterocycles. The first-order valence-corrected chi connectivity index (χ1v) is 5.89. The molecule has 3 nitrogen and oxygen atoms in total. The van der Waals surface area contributed by atoms with Gasteiger partial charge in [-0.3, -0.25) is 0 Å². The van der Waals surface area contributed by atoms with Gasteiger partial charge in [-0.15, -0.1) is 0 Å². The molecule has 0 saturated heterocycles. The Morgan fingerprint density at radius 1 is 1.47 bits per heavy atom. The van der Waals surface area contributed by atoms with Crippen LogP contribution in [0.3, 0.4) is 0 Å². The summed E-state index contributed by atoms with van der Waals surface area (Å²) < 4.78 is 10.9. The van der Waals surface area contributed by atoms with Crippen LogP contribution in [0.25, 0.3) is 0 Å². The molecule has 0 radical (unpaired) electrons. The van der Waals surface area contributed by atoms with Crippen LogP contribution < -0.4 is 14.8 Å². The van der Waals surface area contributed by atoms with Crippen molar-refractivity contribution in [3.05, 3.63) is 35.9 Å². The van der Waals surface area contributed by atoms with Gasteiger partial charge in [-0.05, 0) is 36.7 Å². The highest BCUT2D eigenvalue weighted by atomic mass is 16.5. The van der Waals surface area contributed by atoms with E-state index in [1.807, 2.05) is 7.05 Å². The van der Waals surface area contributed by atoms with Crippen molar-refractivity contribution in [1.82, 2.24) is 5.32 Å². The van der Waals surface area contributed by atoms with Crippen molar-refractivity contribution in [2.75, 3.05) is 27.3 Å². The lowest BCUT2D eigenvalue weighted by atomic mass is 9.77. The topological polar surface area (TPSA) is 30.5 Å². The molecule has 0 aliphatic heterocycles. The number of nitrogens with one attached hydrogen (secondary N) is 1. The summed E-state index contributed by atoms with van der Waals surface area (Å²) in [6, 6.07) is 4.18. The number of hydrogen-bond donors (Lipinski definition) is 1. The molecule has 0 bridgehead atoms. The van der Waals surface area contributed by atoms with Crippen LogP contribution in [-0.2, 0) is 6.42 Å². The monoisotopic (exact) mass is 233 g/mol. The zero-order valence-electron chi connectivity index (χ0n) is 10.5. The molecule has 2 rings (SSSR count). The Labute approximate surface area is 102 Å². The Morgan fingerprint density at radius 3 is 2.94 bits per heavy atom. The molecule has 1 aromatic rings. The Morgan fingerprint density at radius 2 is 2.29 bits per heavy atom. The molecule has 1 aromatic carbocycles. The zero-order chi connectivity index (χ0) is 12.3. The van der Waals surface area contributed by atoms with Gasteiger partial charge in [-0.1, -0.05) is 12.7 Å². The highest BCUT2D eigenvalue weighted by Gasteiger charge is 2.27. The van der Waals surface area contributed by atoms with Gasteiger partial charge in [-0.25, -0.2) is 0 Å². The van der Waals surface area contributed by atoms with Gasteiger partial charge in [0.2, 0.25) is 0 Å². The molecule has 1 aliphatic rings. The molecular weight excluding hydrogens is 214 g/mol. The van der Waals surface area contributed by atoms with Crippen LogP contribution in [0.4, 0.5) is 0 Å². The van der Waals surface area contributed by atoms with Crippen LogP contribution in [0.2, 0.25) is 0 Å². The van der Waals surface area contributed by atoms with Crippen molar-refractivity contribution >= 4 is 0 Å². The Hall–Kier alpha value is -1.48. The van der Waals surface area contributed by atoms with Crippen LogP contribution in [0.5, 0.6) is 11.5 Å². The minimum atomic E-state index is 0.509. The highest BCUT2D eigenvalue weighted by molar-refractivity contribution is 5.53. The zero-order valence-corrected chi connectivity index (χ0v) is 10.5. The van der Waals surface area contributed by atoms with E-state index >= 15 is 0 Å². The van der Waals surface area contributed by atoms with Crippen LogP contribution in [0.1, 0.15) is 17.0 Å². The standard InChI is InChI=1S/C14H19NO2/c1-4-5-17-14-7-10-6-11(9-15-2)12(10)8-13(14)16-3/h4,7-8,11,15H,1,5-6,9H2,2-3H3/t11-/m1/s1. The van der Waals surface area contributed by atoms with Gasteiger partial charge < -0.3 is 14.8 Å². The van der Waals surface area contributed by atoms with E-state index < -0.39 is 0 Å². The summed E-state index contributed by atoms with van der Waals surface area (Å²) in [6.45, 7) is 5.17. The third-order valence-electron chi connectivity index (χ3n) is 3.14. The molecule has 92 valence electrons. The maximum absolute atomic E-state index is 5.58. The number of fused-ring (bicyclic) bond motifs is 1. The Kier molecular flexibility index (Phi) is 3.69. The van der Waals surface area contributed by atoms with Crippen molar-refractivity contribution in [3.8, 4) is 11.5 Å². The molecule has 0 fully saturated rings. The van der Waals surface area contributed by atoms with Gasteiger partial charge in [0.1, 0.15) is 6.61 Å². The fourth-order valence-corrected chi connectivity index (χ4v) is 2.27. The number of rotatable bonds is 6. The predicted molar refractivity (Wildman–Crippen MR) is 69.1 cm³/mol. The number of ether oxygens (including phenoxy) is 2. The van der Waals surface area contributed by atoms with Gasteiger partial charge in [0.15, 0.2) is 11.5 Å². The first kappa shape index (κ1) is 12.0. The van der Waals surface area contributed by atoms with Crippen LogP contribution in [0, 0.1) is 0 Å². The second-order valence-corrected chi connectivity index (χ2v) is 4.26. The first-order chi connectivity index (χ1) is 8.30. The summed E-state index contributed by atoms with van der Waals surface area (Å²) in [5.41, 5.74) is 2.74. The summed E-state index contributed by atoms with van der Waals surface area (Å²) in [6.07, 6.45) is 2.85. The minimum absolute atomic E-state index is 0.509. The lowest BCUT2D eigenvalue weighted by Gasteiger charge is -2.31. The number of hydrogen-bond acceptors (Lipinski definition) is 3. The average Bonchev–Trinajstić information content (AvgIpc) is 2.33. The number of methoxy groups -OCH3 is 1. The van der Waals surface area contributed by atoms with E-state index in [1.54, 1.807) is 13.2 Å². The quantitative estimate of drug-likeness (QED) is 0.763. The van der Waals surface area contributed by atoms with Gasteiger partial charge >= 0.3 is 0 Å². The minimum Gasteiger partial charge on any atom is -0.493 e. The summed E-state index contributed by atoms with van der Waals surface area (Å²) in [5.74, 6) is 2.23. The SMILES string of the molecule is C=CCOc1cc2c(cc1OC)[C@@H](CNC)C2. The normalized spacial score (nSPS) is 16.9. The summed E-state index contributed by atoms with van der Waals surface area (Å²) in [7, 11) is 3.66. The second kappa shape index (κ2) is 5.23. The molecule has 17 heavy (non-hydrogen) atoms. The van der Waals surface area contributed by atoms with Gasteiger partial charge in [-0.2, -0.15) is 0 Å². The lowest BCUT2D eigenvalue weighted by Crippen LogP contribution is -2.27. The molecule has 1 atom stereocenters. The third kappa shape index (κ3) is 2.29. The highest BCUT2D eigenvalue weighted by Crippen LogP contribution is 2.42. The average molecular weight is 233 g/mol. The van der Waals surface area contributed by atoms with E-state index in [1.165, 1.54) is 11.1 Å².